The summed E-state index contributed by atoms with van der Waals surface area (Å²) in [6.07, 6.45) is -0.851. The lowest BCUT2D eigenvalue weighted by Gasteiger charge is -2.27. The lowest BCUT2D eigenvalue weighted by molar-refractivity contribution is -0.386. The van der Waals surface area contributed by atoms with E-state index in [2.05, 4.69) is 0 Å². The van der Waals surface area contributed by atoms with Crippen LogP contribution in [0.25, 0.3) is 0 Å². The molecule has 0 amide bonds. The number of rotatable bonds is 5. The molecule has 0 radical (unpaired) electrons. The Morgan fingerprint density at radius 1 is 1.11 bits per heavy atom. The van der Waals surface area contributed by atoms with Crippen LogP contribution < -0.4 is 18.9 Å². The van der Waals surface area contributed by atoms with Crippen molar-refractivity contribution in [2.75, 3.05) is 21.3 Å². The zero-order valence-corrected chi connectivity index (χ0v) is 14.8. The van der Waals surface area contributed by atoms with E-state index in [1.165, 1.54) is 27.4 Å². The van der Waals surface area contributed by atoms with Crippen molar-refractivity contribution in [3.63, 3.8) is 0 Å². The number of phenols is 1. The quantitative estimate of drug-likeness (QED) is 0.626. The van der Waals surface area contributed by atoms with E-state index in [0.717, 1.165) is 6.07 Å². The molecule has 1 N–H and O–H groups in total. The Kier molecular flexibility index (Phi) is 4.76. The zero-order chi connectivity index (χ0) is 19.7. The SMILES string of the molecule is COc1cc(OC)c2c(c1)OC(c1cc(OC)c(O)c([N+](=O)[O-])c1)CC2=O. The van der Waals surface area contributed by atoms with Gasteiger partial charge in [0.1, 0.15) is 28.9 Å². The van der Waals surface area contributed by atoms with Crippen molar-refractivity contribution >= 4 is 11.5 Å². The van der Waals surface area contributed by atoms with Gasteiger partial charge in [0.2, 0.25) is 5.75 Å². The smallest absolute Gasteiger partial charge is 0.315 e. The van der Waals surface area contributed by atoms with E-state index in [0.29, 0.717) is 17.1 Å². The molecule has 9 nitrogen and oxygen atoms in total. The molecule has 0 aromatic heterocycles. The number of ether oxygens (including phenoxy) is 4. The van der Waals surface area contributed by atoms with Gasteiger partial charge in [-0.1, -0.05) is 0 Å². The molecular formula is C18H17NO8. The Morgan fingerprint density at radius 3 is 2.41 bits per heavy atom. The molecule has 1 heterocycles. The molecule has 2 aromatic carbocycles. The highest BCUT2D eigenvalue weighted by Gasteiger charge is 2.33. The fourth-order valence-electron chi connectivity index (χ4n) is 2.96. The topological polar surface area (TPSA) is 117 Å². The van der Waals surface area contributed by atoms with Crippen molar-refractivity contribution in [1.29, 1.82) is 0 Å². The number of hydrogen-bond donors (Lipinski definition) is 1. The Hall–Kier alpha value is -3.49. The monoisotopic (exact) mass is 375 g/mol. The fourth-order valence-corrected chi connectivity index (χ4v) is 2.96. The molecule has 0 spiro atoms. The summed E-state index contributed by atoms with van der Waals surface area (Å²) in [4.78, 5) is 23.1. The van der Waals surface area contributed by atoms with Crippen molar-refractivity contribution in [3.05, 3.63) is 45.5 Å². The van der Waals surface area contributed by atoms with Gasteiger partial charge in [-0.15, -0.1) is 0 Å². The van der Waals surface area contributed by atoms with Crippen LogP contribution in [0.2, 0.25) is 0 Å². The summed E-state index contributed by atoms with van der Waals surface area (Å²) in [5, 5.41) is 21.1. The van der Waals surface area contributed by atoms with Crippen LogP contribution in [0, 0.1) is 10.1 Å². The summed E-state index contributed by atoms with van der Waals surface area (Å²) in [5.41, 5.74) is 0.0846. The second-order valence-corrected chi connectivity index (χ2v) is 5.78. The maximum Gasteiger partial charge on any atom is 0.315 e. The molecule has 142 valence electrons. The number of methoxy groups -OCH3 is 3. The van der Waals surface area contributed by atoms with Crippen molar-refractivity contribution in [2.24, 2.45) is 0 Å². The minimum absolute atomic E-state index is 0.0548. The molecule has 1 aliphatic heterocycles. The molecule has 0 saturated carbocycles. The molecule has 0 saturated heterocycles. The van der Waals surface area contributed by atoms with Crippen LogP contribution >= 0.6 is 0 Å². The van der Waals surface area contributed by atoms with Crippen LogP contribution in [0.4, 0.5) is 5.69 Å². The average Bonchev–Trinajstić information content (AvgIpc) is 2.66. The summed E-state index contributed by atoms with van der Waals surface area (Å²) in [6.45, 7) is 0. The molecule has 27 heavy (non-hydrogen) atoms. The molecule has 1 aliphatic rings. The first-order chi connectivity index (χ1) is 12.9. The Balaban J connectivity index is 2.08. The van der Waals surface area contributed by atoms with Gasteiger partial charge in [0.25, 0.3) is 0 Å². The summed E-state index contributed by atoms with van der Waals surface area (Å²) in [5.74, 6) is 0.106. The number of ketones is 1. The van der Waals surface area contributed by atoms with Gasteiger partial charge < -0.3 is 24.1 Å². The molecule has 0 aliphatic carbocycles. The molecule has 1 atom stereocenters. The highest BCUT2D eigenvalue weighted by molar-refractivity contribution is 6.03. The van der Waals surface area contributed by atoms with Gasteiger partial charge in [-0.3, -0.25) is 14.9 Å². The Bertz CT molecular complexity index is 924. The summed E-state index contributed by atoms with van der Waals surface area (Å²) in [6, 6.07) is 5.70. The first-order valence-electron chi connectivity index (χ1n) is 7.90. The first-order valence-corrected chi connectivity index (χ1v) is 7.90. The number of phenolic OH excluding ortho intramolecular Hbond substituents is 1. The van der Waals surface area contributed by atoms with Crippen LogP contribution in [0.1, 0.15) is 28.4 Å². The van der Waals surface area contributed by atoms with E-state index >= 15 is 0 Å². The standard InChI is InChI=1S/C18H17NO8/c1-24-10-6-14(25-2)17-12(20)8-13(27-15(17)7-10)9-4-11(19(22)23)18(21)16(5-9)26-3/h4-7,13,21H,8H2,1-3H3. The number of nitrogens with zero attached hydrogens (tertiary/aromatic N) is 1. The number of nitro groups is 1. The van der Waals surface area contributed by atoms with Crippen LogP contribution in [-0.4, -0.2) is 37.1 Å². The van der Waals surface area contributed by atoms with Gasteiger partial charge in [0.15, 0.2) is 11.5 Å². The average molecular weight is 375 g/mol. The molecule has 1 unspecified atom stereocenters. The fraction of sp³-hybridized carbons (Fsp3) is 0.278. The third kappa shape index (κ3) is 3.19. The third-order valence-corrected chi connectivity index (χ3v) is 4.28. The number of fused-ring (bicyclic) bond motifs is 1. The highest BCUT2D eigenvalue weighted by Crippen LogP contribution is 2.45. The summed E-state index contributed by atoms with van der Waals surface area (Å²) < 4.78 is 21.3. The van der Waals surface area contributed by atoms with Crippen LogP contribution in [0.15, 0.2) is 24.3 Å². The number of carbonyl (C=O) groups excluding carboxylic acids is 1. The van der Waals surface area contributed by atoms with E-state index in [-0.39, 0.29) is 29.3 Å². The minimum atomic E-state index is -0.796. The number of hydrogen-bond acceptors (Lipinski definition) is 8. The van der Waals surface area contributed by atoms with E-state index in [9.17, 15) is 20.0 Å². The number of carbonyl (C=O) groups is 1. The number of aromatic hydroxyl groups is 1. The van der Waals surface area contributed by atoms with Crippen molar-refractivity contribution in [3.8, 4) is 28.7 Å². The highest BCUT2D eigenvalue weighted by atomic mass is 16.6. The third-order valence-electron chi connectivity index (χ3n) is 4.28. The van der Waals surface area contributed by atoms with Gasteiger partial charge in [-0.2, -0.15) is 0 Å². The minimum Gasteiger partial charge on any atom is -0.500 e. The van der Waals surface area contributed by atoms with Gasteiger partial charge >= 0.3 is 5.69 Å². The predicted octanol–water partition coefficient (Wildman–Crippen LogP) is 3.03. The van der Waals surface area contributed by atoms with Gasteiger partial charge in [0, 0.05) is 23.8 Å². The van der Waals surface area contributed by atoms with Crippen molar-refractivity contribution in [1.82, 2.24) is 0 Å². The first kappa shape index (κ1) is 18.3. The lowest BCUT2D eigenvalue weighted by atomic mass is 9.95. The predicted molar refractivity (Wildman–Crippen MR) is 93.2 cm³/mol. The lowest BCUT2D eigenvalue weighted by Crippen LogP contribution is -2.21. The van der Waals surface area contributed by atoms with Gasteiger partial charge in [-0.25, -0.2) is 0 Å². The van der Waals surface area contributed by atoms with Crippen LogP contribution in [0.3, 0.4) is 0 Å². The largest absolute Gasteiger partial charge is 0.500 e. The number of benzene rings is 2. The van der Waals surface area contributed by atoms with E-state index in [1.807, 2.05) is 0 Å². The van der Waals surface area contributed by atoms with E-state index < -0.39 is 22.5 Å². The molecule has 0 fully saturated rings. The van der Waals surface area contributed by atoms with Crippen LogP contribution in [-0.2, 0) is 0 Å². The summed E-state index contributed by atoms with van der Waals surface area (Å²) >= 11 is 0. The van der Waals surface area contributed by atoms with Crippen molar-refractivity contribution in [2.45, 2.75) is 12.5 Å². The van der Waals surface area contributed by atoms with Crippen molar-refractivity contribution < 1.29 is 33.8 Å². The van der Waals surface area contributed by atoms with Gasteiger partial charge in [-0.05, 0) is 6.07 Å². The molecule has 9 heteroatoms. The maximum absolute atomic E-state index is 12.7. The zero-order valence-electron chi connectivity index (χ0n) is 14.8. The molecule has 3 rings (SSSR count). The summed E-state index contributed by atoms with van der Waals surface area (Å²) in [7, 11) is 4.18. The van der Waals surface area contributed by atoms with E-state index in [4.69, 9.17) is 18.9 Å². The van der Waals surface area contributed by atoms with E-state index in [1.54, 1.807) is 12.1 Å². The normalized spacial score (nSPS) is 15.5. The molecular weight excluding hydrogens is 358 g/mol. The molecule has 2 aromatic rings. The Labute approximate surface area is 154 Å². The number of Topliss-reactive ketones (excluding diaryl/α,β-unsaturated/α-hetero) is 1. The van der Waals surface area contributed by atoms with Gasteiger partial charge in [0.05, 0.1) is 32.7 Å². The van der Waals surface area contributed by atoms with Crippen LogP contribution in [0.5, 0.6) is 28.7 Å². The second kappa shape index (κ2) is 7.02. The maximum atomic E-state index is 12.7. The number of nitro benzene ring substituents is 1. The second-order valence-electron chi connectivity index (χ2n) is 5.78. The Morgan fingerprint density at radius 2 is 1.81 bits per heavy atom. The molecule has 0 bridgehead atoms.